The maximum atomic E-state index is 5.81. The molecule has 0 bridgehead atoms. The van der Waals surface area contributed by atoms with E-state index in [2.05, 4.69) is 53.4 Å². The number of likely N-dealkylation sites (N-methyl/N-ethyl adjacent to an activating group) is 1. The van der Waals surface area contributed by atoms with E-state index >= 15 is 0 Å². The Morgan fingerprint density at radius 3 is 2.74 bits per heavy atom. The lowest BCUT2D eigenvalue weighted by Gasteiger charge is -2.21. The number of hydrogen-bond acceptors (Lipinski definition) is 3. The van der Waals surface area contributed by atoms with Crippen LogP contribution in [0.3, 0.4) is 0 Å². The standard InChI is InChI=1S/C13H22N4S.HI/c1-10(2)8-15-13(14)16-9-11(17(3)4)12-6-5-7-18-12;/h5-7,11H,1,8-9H2,2-4H3,(H3,14,15,16);1H. The van der Waals surface area contributed by atoms with Crippen molar-refractivity contribution in [1.29, 1.82) is 0 Å². The van der Waals surface area contributed by atoms with Crippen LogP contribution in [-0.2, 0) is 0 Å². The zero-order valence-corrected chi connectivity index (χ0v) is 14.9. The number of aliphatic imine (C=N–C) groups is 1. The van der Waals surface area contributed by atoms with Gasteiger partial charge in [-0.3, -0.25) is 4.99 Å². The minimum atomic E-state index is 0. The molecule has 4 nitrogen and oxygen atoms in total. The van der Waals surface area contributed by atoms with Crippen molar-refractivity contribution in [2.24, 2.45) is 10.7 Å². The van der Waals surface area contributed by atoms with E-state index in [1.165, 1.54) is 4.88 Å². The lowest BCUT2D eigenvalue weighted by atomic mass is 10.2. The lowest BCUT2D eigenvalue weighted by Crippen LogP contribution is -2.34. The predicted octanol–water partition coefficient (Wildman–Crippen LogP) is 2.45. The highest BCUT2D eigenvalue weighted by Crippen LogP contribution is 2.23. The van der Waals surface area contributed by atoms with Gasteiger partial charge < -0.3 is 16.0 Å². The number of thiophene rings is 1. The second kappa shape index (κ2) is 9.33. The zero-order valence-electron chi connectivity index (χ0n) is 11.7. The summed E-state index contributed by atoms with van der Waals surface area (Å²) in [4.78, 5) is 7.84. The summed E-state index contributed by atoms with van der Waals surface area (Å²) in [5.41, 5.74) is 6.84. The Morgan fingerprint density at radius 2 is 2.26 bits per heavy atom. The Morgan fingerprint density at radius 1 is 1.58 bits per heavy atom. The molecule has 0 spiro atoms. The molecule has 0 saturated carbocycles. The highest BCUT2D eigenvalue weighted by molar-refractivity contribution is 14.0. The maximum Gasteiger partial charge on any atom is 0.188 e. The molecule has 0 aliphatic carbocycles. The minimum absolute atomic E-state index is 0. The first-order valence-electron chi connectivity index (χ1n) is 5.88. The van der Waals surface area contributed by atoms with E-state index in [9.17, 15) is 0 Å². The summed E-state index contributed by atoms with van der Waals surface area (Å²) in [7, 11) is 4.11. The van der Waals surface area contributed by atoms with Gasteiger partial charge in [-0.25, -0.2) is 0 Å². The fraction of sp³-hybridized carbons (Fsp3) is 0.462. The van der Waals surface area contributed by atoms with E-state index in [1.807, 2.05) is 6.92 Å². The molecule has 6 heteroatoms. The molecule has 1 rings (SSSR count). The van der Waals surface area contributed by atoms with Crippen molar-refractivity contribution in [2.75, 3.05) is 27.2 Å². The summed E-state index contributed by atoms with van der Waals surface area (Å²) in [5.74, 6) is 0.474. The summed E-state index contributed by atoms with van der Waals surface area (Å²) in [6.45, 7) is 7.09. The largest absolute Gasteiger partial charge is 0.370 e. The maximum absolute atomic E-state index is 5.81. The van der Waals surface area contributed by atoms with Crippen molar-refractivity contribution in [3.8, 4) is 0 Å². The van der Waals surface area contributed by atoms with E-state index in [0.29, 0.717) is 19.0 Å². The summed E-state index contributed by atoms with van der Waals surface area (Å²) in [6.07, 6.45) is 0. The summed E-state index contributed by atoms with van der Waals surface area (Å²) < 4.78 is 0. The second-order valence-corrected chi connectivity index (χ2v) is 5.51. The first-order chi connectivity index (χ1) is 8.50. The molecule has 0 aliphatic heterocycles. The number of nitrogens with zero attached hydrogens (tertiary/aromatic N) is 2. The van der Waals surface area contributed by atoms with E-state index in [1.54, 1.807) is 11.3 Å². The number of nitrogens with two attached hydrogens (primary N) is 1. The van der Waals surface area contributed by atoms with Crippen LogP contribution in [0.1, 0.15) is 17.8 Å². The van der Waals surface area contributed by atoms with Crippen LogP contribution < -0.4 is 11.1 Å². The Kier molecular flexibility index (Phi) is 9.03. The van der Waals surface area contributed by atoms with Gasteiger partial charge in [-0.15, -0.1) is 35.3 Å². The Bertz CT molecular complexity index is 401. The number of hydrogen-bond donors (Lipinski definition) is 2. The first-order valence-corrected chi connectivity index (χ1v) is 6.76. The molecular formula is C13H23IN4S. The van der Waals surface area contributed by atoms with Crippen LogP contribution in [0, 0.1) is 0 Å². The lowest BCUT2D eigenvalue weighted by molar-refractivity contribution is 0.310. The predicted molar refractivity (Wildman–Crippen MR) is 95.5 cm³/mol. The molecule has 0 saturated heterocycles. The molecule has 0 aliphatic rings. The van der Waals surface area contributed by atoms with Gasteiger partial charge in [0.2, 0.25) is 0 Å². The van der Waals surface area contributed by atoms with Crippen LogP contribution in [-0.4, -0.2) is 38.0 Å². The van der Waals surface area contributed by atoms with E-state index in [4.69, 9.17) is 5.73 Å². The van der Waals surface area contributed by atoms with Crippen LogP contribution in [0.15, 0.2) is 34.7 Å². The third-order valence-electron chi connectivity index (χ3n) is 2.50. The molecule has 108 valence electrons. The van der Waals surface area contributed by atoms with E-state index in [-0.39, 0.29) is 30.0 Å². The average Bonchev–Trinajstić information content (AvgIpc) is 2.79. The van der Waals surface area contributed by atoms with E-state index in [0.717, 1.165) is 5.57 Å². The molecule has 19 heavy (non-hydrogen) atoms. The summed E-state index contributed by atoms with van der Waals surface area (Å²) in [6, 6.07) is 4.46. The van der Waals surface area contributed by atoms with Crippen molar-refractivity contribution in [2.45, 2.75) is 13.0 Å². The van der Waals surface area contributed by atoms with Crippen LogP contribution in [0.4, 0.5) is 0 Å². The van der Waals surface area contributed by atoms with Crippen molar-refractivity contribution in [1.82, 2.24) is 10.2 Å². The van der Waals surface area contributed by atoms with Crippen molar-refractivity contribution < 1.29 is 0 Å². The van der Waals surface area contributed by atoms with Crippen LogP contribution >= 0.6 is 35.3 Å². The van der Waals surface area contributed by atoms with Gasteiger partial charge in [0.25, 0.3) is 0 Å². The van der Waals surface area contributed by atoms with Crippen LogP contribution in [0.5, 0.6) is 0 Å². The van der Waals surface area contributed by atoms with Gasteiger partial charge in [-0.05, 0) is 32.5 Å². The van der Waals surface area contributed by atoms with Gasteiger partial charge in [0.1, 0.15) is 0 Å². The molecule has 1 heterocycles. The summed E-state index contributed by atoms with van der Waals surface area (Å²) >= 11 is 1.74. The number of nitrogens with one attached hydrogen (secondary N) is 1. The monoisotopic (exact) mass is 394 g/mol. The molecule has 1 aromatic rings. The molecule has 0 radical (unpaired) electrons. The molecule has 1 atom stereocenters. The normalized spacial score (nSPS) is 12.9. The fourth-order valence-corrected chi connectivity index (χ4v) is 2.38. The molecule has 0 aromatic carbocycles. The smallest absolute Gasteiger partial charge is 0.188 e. The number of rotatable bonds is 6. The summed E-state index contributed by atoms with van der Waals surface area (Å²) in [5, 5.41) is 5.12. The quantitative estimate of drug-likeness (QED) is 0.337. The molecular weight excluding hydrogens is 371 g/mol. The molecule has 1 aromatic heterocycles. The van der Waals surface area contributed by atoms with Crippen LogP contribution in [0.25, 0.3) is 0 Å². The van der Waals surface area contributed by atoms with Gasteiger partial charge in [0.05, 0.1) is 12.6 Å². The zero-order chi connectivity index (χ0) is 13.5. The molecule has 0 fully saturated rings. The third kappa shape index (κ3) is 6.93. The highest BCUT2D eigenvalue weighted by atomic mass is 127. The van der Waals surface area contributed by atoms with Crippen molar-refractivity contribution in [3.05, 3.63) is 34.5 Å². The third-order valence-corrected chi connectivity index (χ3v) is 3.47. The van der Waals surface area contributed by atoms with Gasteiger partial charge in [0, 0.05) is 11.4 Å². The van der Waals surface area contributed by atoms with Crippen LogP contribution in [0.2, 0.25) is 0 Å². The number of guanidine groups is 1. The van der Waals surface area contributed by atoms with Gasteiger partial charge in [0.15, 0.2) is 5.96 Å². The minimum Gasteiger partial charge on any atom is -0.370 e. The fourth-order valence-electron chi connectivity index (χ4n) is 1.47. The number of halogens is 1. The first kappa shape index (κ1) is 18.4. The highest BCUT2D eigenvalue weighted by Gasteiger charge is 2.14. The SMILES string of the molecule is C=C(C)CNC(N)=NCC(c1cccs1)N(C)C.I. The topological polar surface area (TPSA) is 53.6 Å². The van der Waals surface area contributed by atoms with E-state index < -0.39 is 0 Å². The van der Waals surface area contributed by atoms with Crippen molar-refractivity contribution in [3.63, 3.8) is 0 Å². The average molecular weight is 394 g/mol. The second-order valence-electron chi connectivity index (χ2n) is 4.53. The molecule has 0 amide bonds. The van der Waals surface area contributed by atoms with Gasteiger partial charge >= 0.3 is 0 Å². The molecule has 3 N–H and O–H groups in total. The Balaban J connectivity index is 0.00000324. The molecule has 1 unspecified atom stereocenters. The van der Waals surface area contributed by atoms with Gasteiger partial charge in [-0.1, -0.05) is 18.2 Å². The van der Waals surface area contributed by atoms with Crippen molar-refractivity contribution >= 4 is 41.3 Å². The van der Waals surface area contributed by atoms with Gasteiger partial charge in [-0.2, -0.15) is 0 Å². The Labute approximate surface area is 136 Å². The Hall–Kier alpha value is -0.600.